The minimum atomic E-state index is -0.207. The fourth-order valence-corrected chi connectivity index (χ4v) is 2.79. The maximum atomic E-state index is 10.3. The number of hydrogen-bond donors (Lipinski definition) is 2. The van der Waals surface area contributed by atoms with Gasteiger partial charge in [-0.05, 0) is 18.3 Å². The molecule has 1 heterocycles. The predicted molar refractivity (Wildman–Crippen MR) is 58.1 cm³/mol. The Hall–Kier alpha value is -0.340. The van der Waals surface area contributed by atoms with Gasteiger partial charge in [0.1, 0.15) is 0 Å². The summed E-state index contributed by atoms with van der Waals surface area (Å²) in [5.74, 6) is 0. The summed E-state index contributed by atoms with van der Waals surface area (Å²) in [4.78, 5) is 0. The molecule has 80 valence electrons. The third kappa shape index (κ3) is 1.86. The zero-order chi connectivity index (χ0) is 10.0. The highest BCUT2D eigenvalue weighted by molar-refractivity contribution is 5.08. The van der Waals surface area contributed by atoms with E-state index in [2.05, 4.69) is 24.4 Å². The van der Waals surface area contributed by atoms with Gasteiger partial charge in [-0.3, -0.25) is 0 Å². The molecular weight excluding hydrogens is 174 g/mol. The van der Waals surface area contributed by atoms with Crippen molar-refractivity contribution in [2.75, 3.05) is 6.54 Å². The molecule has 2 nitrogen and oxygen atoms in total. The lowest BCUT2D eigenvalue weighted by Gasteiger charge is -2.40. The predicted octanol–water partition coefficient (Wildman–Crippen LogP) is 1.85. The molecule has 0 aromatic carbocycles. The van der Waals surface area contributed by atoms with Gasteiger partial charge in [-0.2, -0.15) is 0 Å². The first kappa shape index (κ1) is 10.2. The minimum absolute atomic E-state index is 0.143. The Bertz CT molecular complexity index is 218. The van der Waals surface area contributed by atoms with Crippen LogP contribution >= 0.6 is 0 Å². The number of rotatable bonds is 2. The molecule has 0 aromatic heterocycles. The van der Waals surface area contributed by atoms with Crippen LogP contribution < -0.4 is 5.32 Å². The van der Waals surface area contributed by atoms with Gasteiger partial charge >= 0.3 is 0 Å². The van der Waals surface area contributed by atoms with Crippen LogP contribution in [0.4, 0.5) is 0 Å². The van der Waals surface area contributed by atoms with Gasteiger partial charge in [0.2, 0.25) is 0 Å². The SMILES string of the molecule is CC1(C(O)C2C=CCN2)CCCCC1. The van der Waals surface area contributed by atoms with Crippen LogP contribution in [0.2, 0.25) is 0 Å². The Kier molecular flexibility index (Phi) is 2.93. The normalized spacial score (nSPS) is 33.1. The van der Waals surface area contributed by atoms with Gasteiger partial charge in [-0.25, -0.2) is 0 Å². The van der Waals surface area contributed by atoms with E-state index in [1.807, 2.05) is 0 Å². The van der Waals surface area contributed by atoms with Crippen LogP contribution in [0.3, 0.4) is 0 Å². The summed E-state index contributed by atoms with van der Waals surface area (Å²) in [6.07, 6.45) is 10.3. The molecular formula is C12H21NO. The van der Waals surface area contributed by atoms with Gasteiger partial charge in [0.25, 0.3) is 0 Å². The molecule has 0 bridgehead atoms. The molecule has 14 heavy (non-hydrogen) atoms. The third-order valence-electron chi connectivity index (χ3n) is 3.86. The lowest BCUT2D eigenvalue weighted by molar-refractivity contribution is -0.00335. The van der Waals surface area contributed by atoms with E-state index >= 15 is 0 Å². The Morgan fingerprint density at radius 2 is 2.07 bits per heavy atom. The molecule has 2 aliphatic rings. The van der Waals surface area contributed by atoms with Gasteiger partial charge in [-0.15, -0.1) is 0 Å². The van der Waals surface area contributed by atoms with Crippen molar-refractivity contribution >= 4 is 0 Å². The zero-order valence-electron chi connectivity index (χ0n) is 9.00. The molecule has 2 heteroatoms. The van der Waals surface area contributed by atoms with Gasteiger partial charge in [0.05, 0.1) is 12.1 Å². The maximum Gasteiger partial charge on any atom is 0.0782 e. The Morgan fingerprint density at radius 1 is 1.36 bits per heavy atom. The van der Waals surface area contributed by atoms with Crippen molar-refractivity contribution in [3.05, 3.63) is 12.2 Å². The van der Waals surface area contributed by atoms with Crippen LogP contribution in [0, 0.1) is 5.41 Å². The first-order chi connectivity index (χ1) is 6.72. The molecule has 1 aliphatic heterocycles. The highest BCUT2D eigenvalue weighted by Gasteiger charge is 2.38. The van der Waals surface area contributed by atoms with Gasteiger partial charge in [0.15, 0.2) is 0 Å². The molecule has 0 radical (unpaired) electrons. The Morgan fingerprint density at radius 3 is 2.64 bits per heavy atom. The van der Waals surface area contributed by atoms with Crippen molar-refractivity contribution in [1.29, 1.82) is 0 Å². The van der Waals surface area contributed by atoms with E-state index in [1.54, 1.807) is 0 Å². The maximum absolute atomic E-state index is 10.3. The average Bonchev–Trinajstić information content (AvgIpc) is 2.70. The zero-order valence-corrected chi connectivity index (χ0v) is 9.00. The van der Waals surface area contributed by atoms with E-state index in [1.165, 1.54) is 32.1 Å². The second kappa shape index (κ2) is 4.03. The Balaban J connectivity index is 2.00. The number of hydrogen-bond acceptors (Lipinski definition) is 2. The lowest BCUT2D eigenvalue weighted by Crippen LogP contribution is -2.46. The number of aliphatic hydroxyl groups excluding tert-OH is 1. The second-order valence-corrected chi connectivity index (χ2v) is 5.02. The van der Waals surface area contributed by atoms with E-state index in [0.29, 0.717) is 0 Å². The van der Waals surface area contributed by atoms with Crippen LogP contribution in [-0.2, 0) is 0 Å². The van der Waals surface area contributed by atoms with Crippen LogP contribution in [0.15, 0.2) is 12.2 Å². The van der Waals surface area contributed by atoms with Gasteiger partial charge < -0.3 is 10.4 Å². The van der Waals surface area contributed by atoms with E-state index in [0.717, 1.165) is 6.54 Å². The lowest BCUT2D eigenvalue weighted by atomic mass is 9.70. The van der Waals surface area contributed by atoms with E-state index < -0.39 is 0 Å². The highest BCUT2D eigenvalue weighted by atomic mass is 16.3. The number of nitrogens with one attached hydrogen (secondary N) is 1. The van der Waals surface area contributed by atoms with Crippen molar-refractivity contribution < 1.29 is 5.11 Å². The highest BCUT2D eigenvalue weighted by Crippen LogP contribution is 2.40. The molecule has 1 aliphatic carbocycles. The fraction of sp³-hybridized carbons (Fsp3) is 0.833. The van der Waals surface area contributed by atoms with Gasteiger partial charge in [-0.1, -0.05) is 38.3 Å². The molecule has 1 fully saturated rings. The fourth-order valence-electron chi connectivity index (χ4n) is 2.79. The van der Waals surface area contributed by atoms with Crippen molar-refractivity contribution in [1.82, 2.24) is 5.32 Å². The second-order valence-electron chi connectivity index (χ2n) is 5.02. The molecule has 2 atom stereocenters. The largest absolute Gasteiger partial charge is 0.391 e. The molecule has 1 saturated carbocycles. The smallest absolute Gasteiger partial charge is 0.0782 e. The van der Waals surface area contributed by atoms with Crippen molar-refractivity contribution in [2.24, 2.45) is 5.41 Å². The summed E-state index contributed by atoms with van der Waals surface area (Å²) >= 11 is 0. The first-order valence-corrected chi connectivity index (χ1v) is 5.80. The first-order valence-electron chi connectivity index (χ1n) is 5.80. The summed E-state index contributed by atoms with van der Waals surface area (Å²) in [5.41, 5.74) is 0.143. The molecule has 2 N–H and O–H groups in total. The molecule has 2 rings (SSSR count). The molecule has 0 saturated heterocycles. The van der Waals surface area contributed by atoms with Crippen LogP contribution in [-0.4, -0.2) is 23.8 Å². The summed E-state index contributed by atoms with van der Waals surface area (Å²) < 4.78 is 0. The number of aliphatic hydroxyl groups is 1. The molecule has 0 spiro atoms. The van der Waals surface area contributed by atoms with Crippen molar-refractivity contribution in [3.63, 3.8) is 0 Å². The molecule has 0 aromatic rings. The van der Waals surface area contributed by atoms with Crippen LogP contribution in [0.1, 0.15) is 39.0 Å². The van der Waals surface area contributed by atoms with E-state index in [-0.39, 0.29) is 17.6 Å². The monoisotopic (exact) mass is 195 g/mol. The van der Waals surface area contributed by atoms with Crippen molar-refractivity contribution in [2.45, 2.75) is 51.2 Å². The van der Waals surface area contributed by atoms with Crippen LogP contribution in [0.5, 0.6) is 0 Å². The summed E-state index contributed by atoms with van der Waals surface area (Å²) in [6.45, 7) is 3.16. The summed E-state index contributed by atoms with van der Waals surface area (Å²) in [5, 5.41) is 13.6. The quantitative estimate of drug-likeness (QED) is 0.659. The third-order valence-corrected chi connectivity index (χ3v) is 3.86. The minimum Gasteiger partial charge on any atom is -0.391 e. The van der Waals surface area contributed by atoms with E-state index in [4.69, 9.17) is 0 Å². The standard InChI is InChI=1S/C12H21NO/c1-12(7-3-2-4-8-12)11(14)10-6-5-9-13-10/h5-6,10-11,13-14H,2-4,7-9H2,1H3. The average molecular weight is 195 g/mol. The van der Waals surface area contributed by atoms with Gasteiger partial charge in [0, 0.05) is 6.54 Å². The molecule has 2 unspecified atom stereocenters. The topological polar surface area (TPSA) is 32.3 Å². The Labute approximate surface area is 86.4 Å². The van der Waals surface area contributed by atoms with Crippen molar-refractivity contribution in [3.8, 4) is 0 Å². The van der Waals surface area contributed by atoms with Crippen LogP contribution in [0.25, 0.3) is 0 Å². The summed E-state index contributed by atoms with van der Waals surface area (Å²) in [6, 6.07) is 0.193. The summed E-state index contributed by atoms with van der Waals surface area (Å²) in [7, 11) is 0. The molecule has 0 amide bonds. The van der Waals surface area contributed by atoms with E-state index in [9.17, 15) is 5.11 Å².